The number of para-hydroxylation sites is 1. The second kappa shape index (κ2) is 5.65. The number of alkyl halides is 2. The summed E-state index contributed by atoms with van der Waals surface area (Å²) in [5.41, 5.74) is 0.204. The molecule has 26 heavy (non-hydrogen) atoms. The molecule has 1 fully saturated rings. The first kappa shape index (κ1) is 16.2. The van der Waals surface area contributed by atoms with Crippen molar-refractivity contribution in [3.8, 4) is 5.69 Å². The van der Waals surface area contributed by atoms with Gasteiger partial charge >= 0.3 is 11.8 Å². The van der Waals surface area contributed by atoms with Crippen molar-refractivity contribution in [1.29, 1.82) is 0 Å². The highest BCUT2D eigenvalue weighted by atomic mass is 19.3. The van der Waals surface area contributed by atoms with E-state index >= 15 is 0 Å². The molecule has 1 unspecified atom stereocenters. The van der Waals surface area contributed by atoms with Gasteiger partial charge in [-0.2, -0.15) is 0 Å². The summed E-state index contributed by atoms with van der Waals surface area (Å²) in [6.45, 7) is -0.927. The van der Waals surface area contributed by atoms with Crippen molar-refractivity contribution >= 4 is 11.7 Å². The fourth-order valence-electron chi connectivity index (χ4n) is 3.29. The minimum atomic E-state index is -3.18. The zero-order valence-electron chi connectivity index (χ0n) is 13.4. The maximum atomic E-state index is 14.0. The van der Waals surface area contributed by atoms with Gasteiger partial charge in [-0.15, -0.1) is 0 Å². The monoisotopic (exact) mass is 360 g/mol. The van der Waals surface area contributed by atoms with Crippen LogP contribution < -0.4 is 5.69 Å². The van der Waals surface area contributed by atoms with Crippen molar-refractivity contribution in [3.63, 3.8) is 0 Å². The number of hydrogen-bond donors (Lipinski definition) is 1. The molecule has 1 atom stereocenters. The molecule has 0 saturated carbocycles. The van der Waals surface area contributed by atoms with Crippen molar-refractivity contribution in [2.45, 2.75) is 18.4 Å². The van der Waals surface area contributed by atoms with E-state index in [1.54, 1.807) is 42.5 Å². The number of carbonyl (C=O) groups is 1. The number of nitrogens with zero attached hydrogens (tertiary/aromatic N) is 4. The second-order valence-electron chi connectivity index (χ2n) is 6.15. The van der Waals surface area contributed by atoms with Crippen molar-refractivity contribution in [2.75, 3.05) is 6.54 Å². The van der Waals surface area contributed by atoms with Gasteiger partial charge in [0.25, 0.3) is 5.92 Å². The van der Waals surface area contributed by atoms with Gasteiger partial charge in [-0.3, -0.25) is 9.30 Å². The van der Waals surface area contributed by atoms with E-state index in [2.05, 4.69) is 4.98 Å². The van der Waals surface area contributed by atoms with E-state index in [4.69, 9.17) is 0 Å². The molecular weight excluding hydrogens is 346 g/mol. The molecule has 1 N–H and O–H groups in total. The molecule has 4 rings (SSSR count). The SMILES string of the molecule is O=C(O)N1CC(F)(F)CC1c1nc2cccn2c(=O)n1-c1ccccc1. The zero-order valence-corrected chi connectivity index (χ0v) is 13.4. The fourth-order valence-corrected chi connectivity index (χ4v) is 3.29. The molecule has 1 aromatic carbocycles. The first-order chi connectivity index (χ1) is 12.4. The van der Waals surface area contributed by atoms with Crippen LogP contribution in [0.15, 0.2) is 53.5 Å². The molecular formula is C17H14F2N4O3. The number of amides is 1. The Kier molecular flexibility index (Phi) is 3.53. The lowest BCUT2D eigenvalue weighted by atomic mass is 10.1. The average Bonchev–Trinajstić information content (AvgIpc) is 3.19. The summed E-state index contributed by atoms with van der Waals surface area (Å²) in [5, 5.41) is 9.35. The van der Waals surface area contributed by atoms with Gasteiger partial charge in [0, 0.05) is 12.6 Å². The lowest BCUT2D eigenvalue weighted by Crippen LogP contribution is -2.36. The maximum Gasteiger partial charge on any atom is 0.408 e. The number of halogens is 2. The standard InChI is InChI=1S/C17H14F2N4O3/c18-17(19)9-12(22(10-17)16(25)26)14-20-13-7-4-8-21(13)15(24)23(14)11-5-2-1-3-6-11/h1-8,12H,9-10H2,(H,25,26). The normalized spacial score (nSPS) is 19.2. The van der Waals surface area contributed by atoms with Crippen LogP contribution in [-0.2, 0) is 0 Å². The number of rotatable bonds is 2. The van der Waals surface area contributed by atoms with Crippen molar-refractivity contribution in [3.05, 3.63) is 65.0 Å². The minimum Gasteiger partial charge on any atom is -0.465 e. The Morgan fingerprint density at radius 3 is 2.62 bits per heavy atom. The van der Waals surface area contributed by atoms with E-state index in [1.165, 1.54) is 15.2 Å². The van der Waals surface area contributed by atoms with E-state index in [1.807, 2.05) is 0 Å². The second-order valence-corrected chi connectivity index (χ2v) is 6.15. The number of carboxylic acid groups (broad SMARTS) is 1. The van der Waals surface area contributed by atoms with Crippen LogP contribution in [0.25, 0.3) is 11.3 Å². The van der Waals surface area contributed by atoms with Gasteiger partial charge in [0.15, 0.2) is 0 Å². The number of hydrogen-bond acceptors (Lipinski definition) is 3. The fraction of sp³-hybridized carbons (Fsp3) is 0.235. The highest BCUT2D eigenvalue weighted by Crippen LogP contribution is 2.40. The summed E-state index contributed by atoms with van der Waals surface area (Å²) in [4.78, 5) is 29.4. The van der Waals surface area contributed by atoms with Crippen LogP contribution in [0.3, 0.4) is 0 Å². The zero-order chi connectivity index (χ0) is 18.5. The predicted molar refractivity (Wildman–Crippen MR) is 87.8 cm³/mol. The Bertz CT molecular complexity index is 1050. The third-order valence-corrected chi connectivity index (χ3v) is 4.41. The van der Waals surface area contributed by atoms with Gasteiger partial charge in [0.2, 0.25) is 0 Å². The highest BCUT2D eigenvalue weighted by molar-refractivity contribution is 5.66. The van der Waals surface area contributed by atoms with Crippen LogP contribution in [0.4, 0.5) is 13.6 Å². The van der Waals surface area contributed by atoms with E-state index in [0.717, 1.165) is 0 Å². The molecule has 9 heteroatoms. The Morgan fingerprint density at radius 1 is 1.19 bits per heavy atom. The Labute approximate surface area is 145 Å². The third-order valence-electron chi connectivity index (χ3n) is 4.41. The summed E-state index contributed by atoms with van der Waals surface area (Å²) in [7, 11) is 0. The van der Waals surface area contributed by atoms with E-state index < -0.39 is 36.7 Å². The number of aromatic nitrogens is 3. The van der Waals surface area contributed by atoms with Crippen LogP contribution in [0.2, 0.25) is 0 Å². The Hall–Kier alpha value is -3.23. The highest BCUT2D eigenvalue weighted by Gasteiger charge is 2.49. The lowest BCUT2D eigenvalue weighted by Gasteiger charge is -2.23. The Balaban J connectivity index is 2.00. The Morgan fingerprint density at radius 2 is 1.92 bits per heavy atom. The van der Waals surface area contributed by atoms with Gasteiger partial charge < -0.3 is 5.11 Å². The molecule has 3 heterocycles. The summed E-state index contributed by atoms with van der Waals surface area (Å²) in [6.07, 6.45) is -0.682. The minimum absolute atomic E-state index is 0.0213. The summed E-state index contributed by atoms with van der Waals surface area (Å²) < 4.78 is 30.4. The lowest BCUT2D eigenvalue weighted by molar-refractivity contribution is 0.0126. The van der Waals surface area contributed by atoms with Crippen molar-refractivity contribution in [2.24, 2.45) is 0 Å². The maximum absolute atomic E-state index is 14.0. The van der Waals surface area contributed by atoms with Gasteiger partial charge in [-0.05, 0) is 24.3 Å². The van der Waals surface area contributed by atoms with Gasteiger partial charge in [0.1, 0.15) is 11.5 Å². The topological polar surface area (TPSA) is 79.8 Å². The summed E-state index contributed by atoms with van der Waals surface area (Å²) >= 11 is 0. The summed E-state index contributed by atoms with van der Waals surface area (Å²) in [5.74, 6) is -3.21. The average molecular weight is 360 g/mol. The van der Waals surface area contributed by atoms with Crippen molar-refractivity contribution in [1.82, 2.24) is 18.9 Å². The predicted octanol–water partition coefficient (Wildman–Crippen LogP) is 2.55. The number of benzene rings is 1. The first-order valence-corrected chi connectivity index (χ1v) is 7.90. The van der Waals surface area contributed by atoms with E-state index in [9.17, 15) is 23.5 Å². The molecule has 1 aliphatic heterocycles. The molecule has 0 radical (unpaired) electrons. The quantitative estimate of drug-likeness (QED) is 0.762. The van der Waals surface area contributed by atoms with Gasteiger partial charge in [-0.1, -0.05) is 18.2 Å². The summed E-state index contributed by atoms with van der Waals surface area (Å²) in [6, 6.07) is 10.4. The molecule has 134 valence electrons. The van der Waals surface area contributed by atoms with Crippen LogP contribution in [0.5, 0.6) is 0 Å². The van der Waals surface area contributed by atoms with Crippen LogP contribution in [-0.4, -0.2) is 42.5 Å². The third kappa shape index (κ3) is 2.52. The smallest absolute Gasteiger partial charge is 0.408 e. The molecule has 1 amide bonds. The molecule has 3 aromatic rings. The van der Waals surface area contributed by atoms with Crippen LogP contribution in [0, 0.1) is 0 Å². The molecule has 7 nitrogen and oxygen atoms in total. The van der Waals surface area contributed by atoms with Crippen LogP contribution in [0.1, 0.15) is 18.3 Å². The van der Waals surface area contributed by atoms with Crippen molar-refractivity contribution < 1.29 is 18.7 Å². The van der Waals surface area contributed by atoms with Crippen LogP contribution >= 0.6 is 0 Å². The van der Waals surface area contributed by atoms with E-state index in [-0.39, 0.29) is 11.5 Å². The van der Waals surface area contributed by atoms with Gasteiger partial charge in [-0.25, -0.2) is 27.9 Å². The largest absolute Gasteiger partial charge is 0.465 e. The number of fused-ring (bicyclic) bond motifs is 1. The molecule has 0 bridgehead atoms. The first-order valence-electron chi connectivity index (χ1n) is 7.90. The number of likely N-dealkylation sites (tertiary alicyclic amines) is 1. The molecule has 0 aliphatic carbocycles. The molecule has 0 spiro atoms. The molecule has 1 aliphatic rings. The van der Waals surface area contributed by atoms with Gasteiger partial charge in [0.05, 0.1) is 18.3 Å². The van der Waals surface area contributed by atoms with E-state index in [0.29, 0.717) is 10.6 Å². The molecule has 1 saturated heterocycles. The molecule has 2 aromatic heterocycles.